The van der Waals surface area contributed by atoms with Crippen LogP contribution in [0, 0.1) is 5.92 Å². The van der Waals surface area contributed by atoms with E-state index in [-0.39, 0.29) is 0 Å². The maximum absolute atomic E-state index is 5.77. The van der Waals surface area contributed by atoms with Gasteiger partial charge in [0, 0.05) is 24.8 Å². The number of methoxy groups -OCH3 is 1. The van der Waals surface area contributed by atoms with Crippen molar-refractivity contribution in [3.63, 3.8) is 0 Å². The average molecular weight is 267 g/mol. The van der Waals surface area contributed by atoms with E-state index in [0.29, 0.717) is 19.1 Å². The predicted molar refractivity (Wildman–Crippen MR) is 76.9 cm³/mol. The number of benzene rings is 1. The van der Waals surface area contributed by atoms with E-state index >= 15 is 0 Å². The van der Waals surface area contributed by atoms with E-state index in [0.717, 1.165) is 30.2 Å². The van der Waals surface area contributed by atoms with E-state index in [1.807, 2.05) is 25.2 Å². The van der Waals surface area contributed by atoms with Crippen molar-refractivity contribution in [2.24, 2.45) is 5.92 Å². The highest BCUT2D eigenvalue weighted by molar-refractivity contribution is 5.40. The Balaban J connectivity index is 2.49. The number of ether oxygens (including phenoxy) is 3. The highest BCUT2D eigenvalue weighted by atomic mass is 16.5. The van der Waals surface area contributed by atoms with Gasteiger partial charge in [0.15, 0.2) is 0 Å². The van der Waals surface area contributed by atoms with Gasteiger partial charge in [-0.25, -0.2) is 0 Å². The normalized spacial score (nSPS) is 10.8. The summed E-state index contributed by atoms with van der Waals surface area (Å²) in [4.78, 5) is 0. The largest absolute Gasteiger partial charge is 0.497 e. The lowest BCUT2D eigenvalue weighted by Gasteiger charge is -2.13. The molecule has 0 radical (unpaired) electrons. The third-order valence-electron chi connectivity index (χ3n) is 2.58. The lowest BCUT2D eigenvalue weighted by Crippen LogP contribution is -2.12. The number of nitrogens with one attached hydrogen (secondary N) is 1. The van der Waals surface area contributed by atoms with Crippen LogP contribution in [-0.2, 0) is 11.3 Å². The standard InChI is InChI=1S/C15H25NO3/c1-12(2)11-18-7-8-19-15-9-14(17-4)6-5-13(15)10-16-3/h5-6,9,12,16H,7-8,10-11H2,1-4H3. The molecule has 1 rings (SSSR count). The zero-order valence-electron chi connectivity index (χ0n) is 12.4. The molecule has 4 nitrogen and oxygen atoms in total. The molecule has 0 fully saturated rings. The van der Waals surface area contributed by atoms with Crippen molar-refractivity contribution in [1.82, 2.24) is 5.32 Å². The van der Waals surface area contributed by atoms with Crippen LogP contribution >= 0.6 is 0 Å². The second kappa shape index (κ2) is 8.77. The quantitative estimate of drug-likeness (QED) is 0.698. The zero-order valence-corrected chi connectivity index (χ0v) is 12.4. The second-order valence-electron chi connectivity index (χ2n) is 4.82. The molecule has 0 atom stereocenters. The van der Waals surface area contributed by atoms with E-state index in [4.69, 9.17) is 14.2 Å². The van der Waals surface area contributed by atoms with Crippen molar-refractivity contribution in [2.45, 2.75) is 20.4 Å². The summed E-state index contributed by atoms with van der Waals surface area (Å²) in [6.45, 7) is 6.96. The summed E-state index contributed by atoms with van der Waals surface area (Å²) in [6, 6.07) is 5.86. The first-order valence-electron chi connectivity index (χ1n) is 6.69. The first-order chi connectivity index (χ1) is 9.17. The molecule has 0 aliphatic rings. The molecule has 108 valence electrons. The Morgan fingerprint density at radius 2 is 2.00 bits per heavy atom. The van der Waals surface area contributed by atoms with Gasteiger partial charge in [-0.3, -0.25) is 0 Å². The first-order valence-corrected chi connectivity index (χ1v) is 6.69. The lowest BCUT2D eigenvalue weighted by atomic mass is 10.2. The highest BCUT2D eigenvalue weighted by Crippen LogP contribution is 2.24. The fourth-order valence-corrected chi connectivity index (χ4v) is 1.66. The Morgan fingerprint density at radius 1 is 1.21 bits per heavy atom. The van der Waals surface area contributed by atoms with Gasteiger partial charge in [0.05, 0.1) is 13.7 Å². The van der Waals surface area contributed by atoms with E-state index in [1.54, 1.807) is 7.11 Å². The zero-order chi connectivity index (χ0) is 14.1. The van der Waals surface area contributed by atoms with Crippen molar-refractivity contribution in [3.8, 4) is 11.5 Å². The Labute approximate surface area is 116 Å². The minimum Gasteiger partial charge on any atom is -0.497 e. The molecule has 0 amide bonds. The summed E-state index contributed by atoms with van der Waals surface area (Å²) in [6.07, 6.45) is 0. The molecular formula is C15H25NO3. The van der Waals surface area contributed by atoms with Crippen molar-refractivity contribution in [1.29, 1.82) is 0 Å². The lowest BCUT2D eigenvalue weighted by molar-refractivity contribution is 0.0815. The topological polar surface area (TPSA) is 39.7 Å². The molecular weight excluding hydrogens is 242 g/mol. The maximum Gasteiger partial charge on any atom is 0.127 e. The number of hydrogen-bond donors (Lipinski definition) is 1. The molecule has 19 heavy (non-hydrogen) atoms. The molecule has 4 heteroatoms. The van der Waals surface area contributed by atoms with Gasteiger partial charge in [0.1, 0.15) is 18.1 Å². The number of rotatable bonds is 9. The van der Waals surface area contributed by atoms with E-state index in [9.17, 15) is 0 Å². The molecule has 0 bridgehead atoms. The van der Waals surface area contributed by atoms with Crippen molar-refractivity contribution in [2.75, 3.05) is 34.0 Å². The molecule has 0 aliphatic carbocycles. The van der Waals surface area contributed by atoms with Crippen LogP contribution in [-0.4, -0.2) is 34.0 Å². The summed E-state index contributed by atoms with van der Waals surface area (Å²) in [5.41, 5.74) is 1.12. The summed E-state index contributed by atoms with van der Waals surface area (Å²) < 4.78 is 16.5. The third-order valence-corrected chi connectivity index (χ3v) is 2.58. The van der Waals surface area contributed by atoms with Gasteiger partial charge in [0.25, 0.3) is 0 Å². The van der Waals surface area contributed by atoms with Crippen molar-refractivity contribution in [3.05, 3.63) is 23.8 Å². The maximum atomic E-state index is 5.77. The minimum atomic E-state index is 0.552. The van der Waals surface area contributed by atoms with Crippen molar-refractivity contribution >= 4 is 0 Å². The molecule has 0 saturated carbocycles. The van der Waals surface area contributed by atoms with Crippen LogP contribution in [0.4, 0.5) is 0 Å². The molecule has 0 spiro atoms. The molecule has 1 aromatic carbocycles. The van der Waals surface area contributed by atoms with E-state index in [2.05, 4.69) is 19.2 Å². The Bertz CT molecular complexity index is 366. The van der Waals surface area contributed by atoms with Crippen LogP contribution in [0.25, 0.3) is 0 Å². The summed E-state index contributed by atoms with van der Waals surface area (Å²) in [5.74, 6) is 2.21. The molecule has 0 aromatic heterocycles. The smallest absolute Gasteiger partial charge is 0.127 e. The SMILES string of the molecule is CNCc1ccc(OC)cc1OCCOCC(C)C. The van der Waals surface area contributed by atoms with Gasteiger partial charge in [-0.1, -0.05) is 19.9 Å². The van der Waals surface area contributed by atoms with E-state index < -0.39 is 0 Å². The van der Waals surface area contributed by atoms with Gasteiger partial charge in [-0.2, -0.15) is 0 Å². The van der Waals surface area contributed by atoms with Crippen LogP contribution in [0.5, 0.6) is 11.5 Å². The van der Waals surface area contributed by atoms with Crippen LogP contribution in [0.3, 0.4) is 0 Å². The molecule has 1 N–H and O–H groups in total. The summed E-state index contributed by atoms with van der Waals surface area (Å²) >= 11 is 0. The monoisotopic (exact) mass is 267 g/mol. The molecule has 1 aromatic rings. The average Bonchev–Trinajstić information content (AvgIpc) is 2.40. The molecule has 0 unspecified atom stereocenters. The Kier molecular flexibility index (Phi) is 7.30. The number of hydrogen-bond acceptors (Lipinski definition) is 4. The van der Waals surface area contributed by atoms with Crippen LogP contribution in [0.15, 0.2) is 18.2 Å². The van der Waals surface area contributed by atoms with Crippen LogP contribution in [0.1, 0.15) is 19.4 Å². The predicted octanol–water partition coefficient (Wildman–Crippen LogP) is 2.47. The Morgan fingerprint density at radius 3 is 2.63 bits per heavy atom. The van der Waals surface area contributed by atoms with Gasteiger partial charge in [-0.15, -0.1) is 0 Å². The van der Waals surface area contributed by atoms with Gasteiger partial charge in [0.2, 0.25) is 0 Å². The minimum absolute atomic E-state index is 0.552. The summed E-state index contributed by atoms with van der Waals surface area (Å²) in [7, 11) is 3.57. The van der Waals surface area contributed by atoms with Gasteiger partial charge in [-0.05, 0) is 19.0 Å². The highest BCUT2D eigenvalue weighted by Gasteiger charge is 2.05. The first kappa shape index (κ1) is 15.8. The third kappa shape index (κ3) is 5.94. The van der Waals surface area contributed by atoms with Crippen LogP contribution < -0.4 is 14.8 Å². The molecule has 0 aliphatic heterocycles. The summed E-state index contributed by atoms with van der Waals surface area (Å²) in [5, 5.41) is 3.13. The van der Waals surface area contributed by atoms with Gasteiger partial charge < -0.3 is 19.5 Å². The fraction of sp³-hybridized carbons (Fsp3) is 0.600. The molecule has 0 heterocycles. The van der Waals surface area contributed by atoms with Crippen LogP contribution in [0.2, 0.25) is 0 Å². The fourth-order valence-electron chi connectivity index (χ4n) is 1.66. The second-order valence-corrected chi connectivity index (χ2v) is 4.82. The van der Waals surface area contributed by atoms with Crippen molar-refractivity contribution < 1.29 is 14.2 Å². The van der Waals surface area contributed by atoms with E-state index in [1.165, 1.54) is 0 Å². The Hall–Kier alpha value is -1.26. The molecule has 0 saturated heterocycles. The van der Waals surface area contributed by atoms with Gasteiger partial charge >= 0.3 is 0 Å².